The van der Waals surface area contributed by atoms with Crippen LogP contribution in [-0.4, -0.2) is 30.9 Å². The monoisotopic (exact) mass is 268 g/mol. The fourth-order valence-electron chi connectivity index (χ4n) is 1.86. The molecule has 1 aromatic rings. The molecule has 2 unspecified atom stereocenters. The number of amides is 1. The van der Waals surface area contributed by atoms with E-state index in [4.69, 9.17) is 0 Å². The summed E-state index contributed by atoms with van der Waals surface area (Å²) in [6.45, 7) is 9.86. The minimum atomic E-state index is 0.0264. The molecule has 2 atom stereocenters. The van der Waals surface area contributed by atoms with E-state index in [9.17, 15) is 4.79 Å². The Morgan fingerprint density at radius 3 is 2.61 bits per heavy atom. The number of carbonyl (C=O) groups excluding carboxylic acids is 1. The largest absolute Gasteiger partial charge is 0.338 e. The van der Waals surface area contributed by atoms with E-state index in [0.29, 0.717) is 0 Å². The Bertz CT molecular complexity index is 389. The molecule has 1 amide bonds. The van der Waals surface area contributed by atoms with Crippen molar-refractivity contribution < 1.29 is 4.79 Å². The van der Waals surface area contributed by atoms with Crippen molar-refractivity contribution in [3.8, 4) is 0 Å². The quantitative estimate of drug-likeness (QED) is 0.860. The van der Waals surface area contributed by atoms with Crippen molar-refractivity contribution in [1.29, 1.82) is 0 Å². The molecular weight excluding hydrogens is 244 g/mol. The summed E-state index contributed by atoms with van der Waals surface area (Å²) in [6, 6.07) is 4.38. The van der Waals surface area contributed by atoms with E-state index in [1.54, 1.807) is 11.3 Å². The van der Waals surface area contributed by atoms with Crippen LogP contribution in [0.15, 0.2) is 12.1 Å². The van der Waals surface area contributed by atoms with E-state index in [2.05, 4.69) is 38.2 Å². The maximum absolute atomic E-state index is 12.3. The van der Waals surface area contributed by atoms with E-state index >= 15 is 0 Å². The minimum Gasteiger partial charge on any atom is -0.338 e. The molecule has 0 fully saturated rings. The highest BCUT2D eigenvalue weighted by atomic mass is 32.1. The van der Waals surface area contributed by atoms with Gasteiger partial charge in [-0.3, -0.25) is 4.79 Å². The van der Waals surface area contributed by atoms with Crippen LogP contribution >= 0.6 is 11.3 Å². The molecule has 0 aromatic carbocycles. The van der Waals surface area contributed by atoms with Gasteiger partial charge >= 0.3 is 0 Å². The zero-order valence-electron chi connectivity index (χ0n) is 12.0. The molecule has 0 aliphatic carbocycles. The van der Waals surface area contributed by atoms with Crippen LogP contribution in [0.25, 0.3) is 0 Å². The third-order valence-electron chi connectivity index (χ3n) is 3.22. The van der Waals surface area contributed by atoms with Crippen LogP contribution in [0.5, 0.6) is 0 Å². The minimum absolute atomic E-state index is 0.0264. The second-order valence-electron chi connectivity index (χ2n) is 4.78. The number of rotatable bonds is 6. The lowest BCUT2D eigenvalue weighted by Gasteiger charge is -2.27. The molecule has 0 saturated heterocycles. The summed E-state index contributed by atoms with van der Waals surface area (Å²) < 4.78 is 0. The first kappa shape index (κ1) is 15.2. The van der Waals surface area contributed by atoms with Crippen molar-refractivity contribution in [2.45, 2.75) is 33.7 Å². The van der Waals surface area contributed by atoms with Crippen LogP contribution in [0.2, 0.25) is 0 Å². The highest BCUT2D eigenvalue weighted by Gasteiger charge is 2.22. The predicted octanol–water partition coefficient (Wildman–Crippen LogP) is 2.82. The Balaban J connectivity index is 2.62. The van der Waals surface area contributed by atoms with Crippen molar-refractivity contribution in [3.05, 3.63) is 21.9 Å². The first-order valence-electron chi connectivity index (χ1n) is 6.51. The molecule has 0 bridgehead atoms. The number of aryl methyl sites for hydroxylation is 1. The van der Waals surface area contributed by atoms with Gasteiger partial charge in [-0.15, -0.1) is 11.3 Å². The van der Waals surface area contributed by atoms with Gasteiger partial charge < -0.3 is 10.2 Å². The molecule has 0 radical (unpaired) electrons. The molecule has 1 heterocycles. The molecule has 1 aromatic heterocycles. The van der Waals surface area contributed by atoms with Crippen LogP contribution in [-0.2, 0) is 4.79 Å². The van der Waals surface area contributed by atoms with Gasteiger partial charge in [-0.2, -0.15) is 0 Å². The summed E-state index contributed by atoms with van der Waals surface area (Å²) >= 11 is 1.76. The molecule has 18 heavy (non-hydrogen) atoms. The third kappa shape index (κ3) is 3.82. The average Bonchev–Trinajstić information content (AvgIpc) is 2.79. The van der Waals surface area contributed by atoms with E-state index in [0.717, 1.165) is 13.1 Å². The van der Waals surface area contributed by atoms with Gasteiger partial charge in [0, 0.05) is 29.3 Å². The van der Waals surface area contributed by atoms with Crippen molar-refractivity contribution in [2.24, 2.45) is 5.92 Å². The molecule has 4 heteroatoms. The van der Waals surface area contributed by atoms with Crippen molar-refractivity contribution in [3.63, 3.8) is 0 Å². The fourth-order valence-corrected chi connectivity index (χ4v) is 2.83. The van der Waals surface area contributed by atoms with Gasteiger partial charge in [-0.25, -0.2) is 0 Å². The van der Waals surface area contributed by atoms with Crippen LogP contribution in [0, 0.1) is 12.8 Å². The maximum Gasteiger partial charge on any atom is 0.226 e. The molecule has 3 nitrogen and oxygen atoms in total. The molecule has 102 valence electrons. The van der Waals surface area contributed by atoms with Gasteiger partial charge in [-0.05, 0) is 32.5 Å². The van der Waals surface area contributed by atoms with E-state index in [1.807, 2.05) is 18.9 Å². The van der Waals surface area contributed by atoms with Crippen LogP contribution in [0.3, 0.4) is 0 Å². The smallest absolute Gasteiger partial charge is 0.226 e. The number of nitrogens with one attached hydrogen (secondary N) is 1. The van der Waals surface area contributed by atoms with E-state index < -0.39 is 0 Å². The van der Waals surface area contributed by atoms with Crippen LogP contribution in [0.4, 0.5) is 0 Å². The van der Waals surface area contributed by atoms with Gasteiger partial charge in [0.05, 0.1) is 6.04 Å². The Morgan fingerprint density at radius 1 is 1.44 bits per heavy atom. The second-order valence-corrected chi connectivity index (χ2v) is 6.10. The van der Waals surface area contributed by atoms with Crippen LogP contribution < -0.4 is 5.32 Å². The summed E-state index contributed by atoms with van der Waals surface area (Å²) in [5.74, 6) is 0.230. The van der Waals surface area contributed by atoms with Gasteiger partial charge in [0.2, 0.25) is 5.91 Å². The fraction of sp³-hybridized carbons (Fsp3) is 0.643. The van der Waals surface area contributed by atoms with E-state index in [-0.39, 0.29) is 17.9 Å². The Kier molecular flexibility index (Phi) is 5.82. The SMILES string of the molecule is CCNCC(C)C(=O)N(C)C(C)c1ccc(C)s1. The highest BCUT2D eigenvalue weighted by Crippen LogP contribution is 2.27. The van der Waals surface area contributed by atoms with Gasteiger partial charge in [0.1, 0.15) is 0 Å². The summed E-state index contributed by atoms with van der Waals surface area (Å²) in [7, 11) is 1.89. The number of carbonyl (C=O) groups is 1. The number of nitrogens with zero attached hydrogens (tertiary/aromatic N) is 1. The first-order chi connectivity index (χ1) is 8.47. The summed E-state index contributed by atoms with van der Waals surface area (Å²) in [5, 5.41) is 3.22. The first-order valence-corrected chi connectivity index (χ1v) is 7.32. The average molecular weight is 268 g/mol. The van der Waals surface area contributed by atoms with Crippen molar-refractivity contribution in [2.75, 3.05) is 20.1 Å². The van der Waals surface area contributed by atoms with Crippen molar-refractivity contribution in [1.82, 2.24) is 10.2 Å². The molecule has 1 rings (SSSR count). The summed E-state index contributed by atoms with van der Waals surface area (Å²) in [4.78, 5) is 16.7. The summed E-state index contributed by atoms with van der Waals surface area (Å²) in [5.41, 5.74) is 0. The standard InChI is InChI=1S/C14H24N2OS/c1-6-15-9-10(2)14(17)16(5)12(4)13-8-7-11(3)18-13/h7-8,10,12,15H,6,9H2,1-5H3. The lowest BCUT2D eigenvalue weighted by molar-refractivity contribution is -0.135. The molecule has 0 aliphatic heterocycles. The molecule has 1 N–H and O–H groups in total. The Labute approximate surface area is 114 Å². The van der Waals surface area contributed by atoms with Gasteiger partial charge in [0.15, 0.2) is 0 Å². The van der Waals surface area contributed by atoms with E-state index in [1.165, 1.54) is 9.75 Å². The topological polar surface area (TPSA) is 32.3 Å². The lowest BCUT2D eigenvalue weighted by atomic mass is 10.1. The van der Waals surface area contributed by atoms with Crippen molar-refractivity contribution >= 4 is 17.2 Å². The highest BCUT2D eigenvalue weighted by molar-refractivity contribution is 7.12. The van der Waals surface area contributed by atoms with Crippen LogP contribution in [0.1, 0.15) is 36.6 Å². The normalized spacial score (nSPS) is 14.3. The number of thiophene rings is 1. The molecule has 0 aliphatic rings. The maximum atomic E-state index is 12.3. The number of hydrogen-bond donors (Lipinski definition) is 1. The predicted molar refractivity (Wildman–Crippen MR) is 77.9 cm³/mol. The van der Waals surface area contributed by atoms with Gasteiger partial charge in [-0.1, -0.05) is 13.8 Å². The molecule has 0 saturated carbocycles. The second kappa shape index (κ2) is 6.90. The molecular formula is C14H24N2OS. The van der Waals surface area contributed by atoms with Gasteiger partial charge in [0.25, 0.3) is 0 Å². The molecule has 0 spiro atoms. The lowest BCUT2D eigenvalue weighted by Crippen LogP contribution is -2.37. The number of hydrogen-bond acceptors (Lipinski definition) is 3. The Morgan fingerprint density at radius 2 is 2.11 bits per heavy atom. The zero-order chi connectivity index (χ0) is 13.7. The zero-order valence-corrected chi connectivity index (χ0v) is 12.8. The summed E-state index contributed by atoms with van der Waals surface area (Å²) in [6.07, 6.45) is 0. The Hall–Kier alpha value is -0.870. The third-order valence-corrected chi connectivity index (χ3v) is 4.39.